The zero-order valence-electron chi connectivity index (χ0n) is 20.0. The van der Waals surface area contributed by atoms with Crippen LogP contribution in [0.15, 0.2) is 42.7 Å². The van der Waals surface area contributed by atoms with E-state index >= 15 is 4.39 Å². The molecular weight excluding hydrogens is 464 g/mol. The van der Waals surface area contributed by atoms with Crippen molar-refractivity contribution < 1.29 is 18.3 Å². The van der Waals surface area contributed by atoms with Gasteiger partial charge in [-0.3, -0.25) is 9.48 Å². The van der Waals surface area contributed by atoms with Gasteiger partial charge in [0.15, 0.2) is 11.6 Å². The third-order valence-electron chi connectivity index (χ3n) is 7.43. The lowest BCUT2D eigenvalue weighted by atomic mass is 9.99. The van der Waals surface area contributed by atoms with Crippen LogP contribution < -0.4 is 9.64 Å². The number of benzene rings is 2. The molecule has 6 rings (SSSR count). The van der Waals surface area contributed by atoms with Crippen molar-refractivity contribution in [3.05, 3.63) is 65.6 Å². The van der Waals surface area contributed by atoms with Gasteiger partial charge >= 0.3 is 0 Å². The Hall–Kier alpha value is -3.88. The van der Waals surface area contributed by atoms with Crippen molar-refractivity contribution in [3.8, 4) is 17.1 Å². The molecule has 1 saturated heterocycles. The summed E-state index contributed by atoms with van der Waals surface area (Å²) in [4.78, 5) is 24.3. The van der Waals surface area contributed by atoms with Gasteiger partial charge in [0, 0.05) is 37.6 Å². The van der Waals surface area contributed by atoms with Crippen LogP contribution in [0.4, 0.5) is 14.5 Å². The first-order chi connectivity index (χ1) is 17.4. The first-order valence-electron chi connectivity index (χ1n) is 12.0. The maximum absolute atomic E-state index is 15.2. The van der Waals surface area contributed by atoms with Gasteiger partial charge in [-0.05, 0) is 55.0 Å². The molecule has 0 radical (unpaired) electrons. The number of ether oxygens (including phenoxy) is 1. The number of aryl methyl sites for hydroxylation is 1. The maximum atomic E-state index is 15.2. The topological polar surface area (TPSA) is 73.1 Å². The number of nitrogens with zero attached hydrogens (tertiary/aromatic N) is 5. The van der Waals surface area contributed by atoms with Crippen LogP contribution in [-0.4, -0.2) is 45.2 Å². The molecule has 4 aromatic rings. The van der Waals surface area contributed by atoms with Crippen molar-refractivity contribution in [2.45, 2.75) is 31.7 Å². The number of aromatic nitrogens is 4. The van der Waals surface area contributed by atoms with Crippen molar-refractivity contribution in [2.75, 3.05) is 18.6 Å². The second-order valence-electron chi connectivity index (χ2n) is 9.56. The summed E-state index contributed by atoms with van der Waals surface area (Å²) in [5.74, 6) is -0.315. The first kappa shape index (κ1) is 22.6. The summed E-state index contributed by atoms with van der Waals surface area (Å²) in [7, 11) is 3.15. The van der Waals surface area contributed by atoms with Crippen molar-refractivity contribution in [3.63, 3.8) is 0 Å². The minimum Gasteiger partial charge on any atom is -0.496 e. The van der Waals surface area contributed by atoms with E-state index in [2.05, 4.69) is 20.0 Å². The number of hydrogen-bond donors (Lipinski definition) is 0. The molecule has 2 aliphatic rings. The number of fused-ring (bicyclic) bond motifs is 3. The lowest BCUT2D eigenvalue weighted by molar-refractivity contribution is 0.0988. The molecule has 9 heteroatoms. The van der Waals surface area contributed by atoms with Gasteiger partial charge in [-0.2, -0.15) is 5.10 Å². The maximum Gasteiger partial charge on any atom is 0.185 e. The summed E-state index contributed by atoms with van der Waals surface area (Å²) in [5.41, 5.74) is 2.14. The van der Waals surface area contributed by atoms with Crippen LogP contribution in [0, 0.1) is 17.6 Å². The van der Waals surface area contributed by atoms with E-state index in [0.717, 1.165) is 25.1 Å². The normalized spacial score (nSPS) is 18.8. The van der Waals surface area contributed by atoms with E-state index < -0.39 is 11.6 Å². The van der Waals surface area contributed by atoms with Crippen LogP contribution in [-0.2, 0) is 13.5 Å². The zero-order valence-corrected chi connectivity index (χ0v) is 20.0. The van der Waals surface area contributed by atoms with Crippen LogP contribution >= 0.6 is 0 Å². The van der Waals surface area contributed by atoms with Crippen LogP contribution in [0.1, 0.15) is 35.3 Å². The van der Waals surface area contributed by atoms with Crippen LogP contribution in [0.25, 0.3) is 22.3 Å². The highest BCUT2D eigenvalue weighted by Crippen LogP contribution is 2.44. The van der Waals surface area contributed by atoms with Crippen LogP contribution in [0.5, 0.6) is 5.75 Å². The molecule has 2 atom stereocenters. The molecule has 3 heterocycles. The molecule has 184 valence electrons. The van der Waals surface area contributed by atoms with Crippen molar-refractivity contribution >= 4 is 22.4 Å². The quantitative estimate of drug-likeness (QED) is 0.365. The molecular formula is C27H25F2N5O2. The summed E-state index contributed by atoms with van der Waals surface area (Å²) < 4.78 is 36.6. The number of anilines is 1. The minimum absolute atomic E-state index is 0.0458. The largest absolute Gasteiger partial charge is 0.496 e. The van der Waals surface area contributed by atoms with Crippen LogP contribution in [0.2, 0.25) is 0 Å². The van der Waals surface area contributed by atoms with Gasteiger partial charge < -0.3 is 9.64 Å². The molecule has 0 unspecified atom stereocenters. The number of rotatable bonds is 6. The third-order valence-corrected chi connectivity index (χ3v) is 7.43. The average Bonchev–Trinajstić information content (AvgIpc) is 3.60. The molecule has 0 spiro atoms. The fraction of sp³-hybridized carbons (Fsp3) is 0.333. The van der Waals surface area contributed by atoms with E-state index in [1.165, 1.54) is 48.7 Å². The van der Waals surface area contributed by atoms with E-state index in [9.17, 15) is 9.18 Å². The predicted molar refractivity (Wildman–Crippen MR) is 131 cm³/mol. The van der Waals surface area contributed by atoms with E-state index in [-0.39, 0.29) is 35.0 Å². The van der Waals surface area contributed by atoms with Crippen molar-refractivity contribution in [2.24, 2.45) is 13.0 Å². The number of methoxy groups -OCH3 is 1. The summed E-state index contributed by atoms with van der Waals surface area (Å²) in [5, 5.41) is 5.01. The molecule has 2 bridgehead atoms. The highest BCUT2D eigenvalue weighted by molar-refractivity contribution is 6.01. The lowest BCUT2D eigenvalue weighted by Gasteiger charge is -2.31. The Morgan fingerprint density at radius 3 is 2.81 bits per heavy atom. The Morgan fingerprint density at radius 1 is 1.19 bits per heavy atom. The Morgan fingerprint density at radius 2 is 2.06 bits per heavy atom. The van der Waals surface area contributed by atoms with Crippen molar-refractivity contribution in [1.82, 2.24) is 19.7 Å². The molecule has 2 aromatic heterocycles. The Labute approximate surface area is 206 Å². The first-order valence-corrected chi connectivity index (χ1v) is 12.0. The van der Waals surface area contributed by atoms with E-state index in [4.69, 9.17) is 4.74 Å². The molecule has 0 amide bonds. The molecule has 2 aromatic carbocycles. The number of carbonyl (C=O) groups is 1. The molecule has 36 heavy (non-hydrogen) atoms. The van der Waals surface area contributed by atoms with E-state index in [0.29, 0.717) is 28.4 Å². The highest BCUT2D eigenvalue weighted by Gasteiger charge is 2.40. The fourth-order valence-corrected chi connectivity index (χ4v) is 5.82. The van der Waals surface area contributed by atoms with E-state index in [1.54, 1.807) is 19.3 Å². The molecule has 2 fully saturated rings. The Bertz CT molecular complexity index is 1500. The Balaban J connectivity index is 1.40. The van der Waals surface area contributed by atoms with Crippen LogP contribution in [0.3, 0.4) is 0 Å². The average molecular weight is 490 g/mol. The molecule has 1 aliphatic heterocycles. The zero-order chi connectivity index (χ0) is 25.0. The highest BCUT2D eigenvalue weighted by atomic mass is 19.1. The number of Topliss-reactive ketones (excluding diaryl/α,β-unsaturated/α-hetero) is 1. The van der Waals surface area contributed by atoms with Gasteiger partial charge in [-0.15, -0.1) is 0 Å². The second-order valence-corrected chi connectivity index (χ2v) is 9.56. The molecule has 1 aliphatic carbocycles. The summed E-state index contributed by atoms with van der Waals surface area (Å²) >= 11 is 0. The lowest BCUT2D eigenvalue weighted by Crippen LogP contribution is -2.33. The van der Waals surface area contributed by atoms with Gasteiger partial charge in [-0.1, -0.05) is 6.07 Å². The molecule has 1 saturated carbocycles. The SMILES string of the molecule is COc1cccc(F)c1-c1nccc(C(=O)Cc2cc(F)c3c(cnn3C)c2N2C[C@H]3CC[C@@H]2C3)n1. The van der Waals surface area contributed by atoms with E-state index in [1.807, 2.05) is 0 Å². The Kier molecular flexibility index (Phi) is 5.43. The van der Waals surface area contributed by atoms with Crippen molar-refractivity contribution in [1.29, 1.82) is 0 Å². The molecule has 7 nitrogen and oxygen atoms in total. The number of piperidine rings is 1. The van der Waals surface area contributed by atoms with Gasteiger partial charge in [0.25, 0.3) is 0 Å². The number of ketones is 1. The van der Waals surface area contributed by atoms with Gasteiger partial charge in [0.2, 0.25) is 0 Å². The summed E-state index contributed by atoms with van der Waals surface area (Å²) in [6.45, 7) is 0.895. The van der Waals surface area contributed by atoms with Gasteiger partial charge in [0.1, 0.15) is 28.6 Å². The molecule has 0 N–H and O–H groups in total. The summed E-state index contributed by atoms with van der Waals surface area (Å²) in [6.07, 6.45) is 6.47. The summed E-state index contributed by atoms with van der Waals surface area (Å²) in [6, 6.07) is 7.76. The number of halogens is 2. The number of carbonyl (C=O) groups excluding carboxylic acids is 1. The standard InChI is InChI=1S/C27H25F2N5O2/c1-33-26-18(13-31-33)25(34-14-15-6-7-17(34)10-15)16(11-20(26)29)12-22(35)21-8-9-30-27(32-21)24-19(28)4-3-5-23(24)36-2/h3-5,8-9,11,13,15,17H,6-7,10,12,14H2,1-2H3/t15-,17+/m0/s1. The third kappa shape index (κ3) is 3.61. The van der Waals surface area contributed by atoms with Gasteiger partial charge in [0.05, 0.1) is 24.6 Å². The minimum atomic E-state index is -0.547. The monoisotopic (exact) mass is 489 g/mol. The van der Waals surface area contributed by atoms with Gasteiger partial charge in [-0.25, -0.2) is 18.7 Å². The number of hydrogen-bond acceptors (Lipinski definition) is 6. The smallest absolute Gasteiger partial charge is 0.185 e. The fourth-order valence-electron chi connectivity index (χ4n) is 5.82. The second kappa shape index (κ2) is 8.65. The predicted octanol–water partition coefficient (Wildman–Crippen LogP) is 4.73.